The fourth-order valence-corrected chi connectivity index (χ4v) is 4.33. The van der Waals surface area contributed by atoms with E-state index in [-0.39, 0.29) is 35.3 Å². The van der Waals surface area contributed by atoms with E-state index >= 15 is 0 Å². The third-order valence-electron chi connectivity index (χ3n) is 4.57. The Hall–Kier alpha value is -1.15. The molecule has 134 valence electrons. The minimum absolute atomic E-state index is 0. The average molecular weight is 374 g/mol. The number of nitrogens with one attached hydrogen (secondary N) is 1. The molecule has 0 aromatic heterocycles. The maximum atomic E-state index is 12.6. The van der Waals surface area contributed by atoms with Gasteiger partial charge in [-0.05, 0) is 62.9 Å². The van der Waals surface area contributed by atoms with Crippen LogP contribution in [0.4, 0.5) is 0 Å². The quantitative estimate of drug-likeness (QED) is 0.815. The highest BCUT2D eigenvalue weighted by Crippen LogP contribution is 2.25. The summed E-state index contributed by atoms with van der Waals surface area (Å²) in [4.78, 5) is 14.6. The molecular formula is C16H24ClN3O3S. The normalized spacial score (nSPS) is 23.8. The summed E-state index contributed by atoms with van der Waals surface area (Å²) < 4.78 is 26.9. The first-order chi connectivity index (χ1) is 10.9. The molecule has 8 heteroatoms. The highest BCUT2D eigenvalue weighted by molar-refractivity contribution is 7.89. The van der Waals surface area contributed by atoms with E-state index in [2.05, 4.69) is 4.72 Å². The number of carbonyl (C=O) groups excluding carboxylic acids is 1. The molecule has 2 aliphatic rings. The fraction of sp³-hybridized carbons (Fsp3) is 0.562. The zero-order chi connectivity index (χ0) is 16.6. The molecule has 0 bridgehead atoms. The molecule has 2 atom stereocenters. The molecule has 1 aromatic carbocycles. The van der Waals surface area contributed by atoms with Crippen LogP contribution in [0, 0.1) is 5.92 Å². The second-order valence-electron chi connectivity index (χ2n) is 6.56. The Labute approximate surface area is 149 Å². The summed E-state index contributed by atoms with van der Waals surface area (Å²) in [5.74, 6) is 0.281. The molecule has 1 heterocycles. The number of carbonyl (C=O) groups is 1. The average Bonchev–Trinajstić information content (AvgIpc) is 3.25. The Morgan fingerprint density at radius 3 is 2.42 bits per heavy atom. The van der Waals surface area contributed by atoms with E-state index in [1.165, 1.54) is 12.1 Å². The van der Waals surface area contributed by atoms with Crippen molar-refractivity contribution in [3.05, 3.63) is 29.8 Å². The van der Waals surface area contributed by atoms with E-state index in [4.69, 9.17) is 5.73 Å². The van der Waals surface area contributed by atoms with Crippen molar-refractivity contribution < 1.29 is 13.2 Å². The molecule has 2 unspecified atom stereocenters. The van der Waals surface area contributed by atoms with Crippen LogP contribution in [-0.4, -0.2) is 44.4 Å². The standard InChI is InChI=1S/C16H23N3O3S.ClH/c1-11-8-12(9-17)10-19(11)16(20)13-2-6-15(7-3-13)23(21,22)18-14-4-5-14;/h2-3,6-7,11-12,14,18H,4-5,8-10,17H2,1H3;1H. The molecule has 2 fully saturated rings. The number of nitrogens with zero attached hydrogens (tertiary/aromatic N) is 1. The molecule has 1 aliphatic carbocycles. The van der Waals surface area contributed by atoms with Crippen molar-refractivity contribution in [2.24, 2.45) is 11.7 Å². The van der Waals surface area contributed by atoms with Gasteiger partial charge in [0.25, 0.3) is 5.91 Å². The molecule has 1 amide bonds. The number of halogens is 1. The minimum Gasteiger partial charge on any atom is -0.336 e. The molecule has 3 rings (SSSR count). The monoisotopic (exact) mass is 373 g/mol. The van der Waals surface area contributed by atoms with Gasteiger partial charge in [-0.2, -0.15) is 0 Å². The van der Waals surface area contributed by atoms with Crippen molar-refractivity contribution in [1.82, 2.24) is 9.62 Å². The van der Waals surface area contributed by atoms with Crippen molar-refractivity contribution in [3.8, 4) is 0 Å². The predicted molar refractivity (Wildman–Crippen MR) is 94.7 cm³/mol. The SMILES string of the molecule is CC1CC(CN)CN1C(=O)c1ccc(S(=O)(=O)NC2CC2)cc1.Cl. The molecule has 0 radical (unpaired) electrons. The number of rotatable bonds is 5. The van der Waals surface area contributed by atoms with Crippen molar-refractivity contribution in [2.75, 3.05) is 13.1 Å². The molecule has 1 saturated heterocycles. The fourth-order valence-electron chi connectivity index (χ4n) is 3.03. The van der Waals surface area contributed by atoms with Gasteiger partial charge in [-0.3, -0.25) is 4.79 Å². The summed E-state index contributed by atoms with van der Waals surface area (Å²) in [5.41, 5.74) is 6.21. The third kappa shape index (κ3) is 4.08. The number of amides is 1. The highest BCUT2D eigenvalue weighted by atomic mass is 35.5. The van der Waals surface area contributed by atoms with Gasteiger partial charge in [0.15, 0.2) is 0 Å². The summed E-state index contributed by atoms with van der Waals surface area (Å²) in [6, 6.07) is 6.41. The lowest BCUT2D eigenvalue weighted by Gasteiger charge is -2.21. The van der Waals surface area contributed by atoms with Gasteiger partial charge in [0.05, 0.1) is 4.90 Å². The molecule has 1 aromatic rings. The van der Waals surface area contributed by atoms with Crippen LogP contribution < -0.4 is 10.5 Å². The first-order valence-corrected chi connectivity index (χ1v) is 9.52. The molecule has 24 heavy (non-hydrogen) atoms. The van der Waals surface area contributed by atoms with Crippen molar-refractivity contribution in [3.63, 3.8) is 0 Å². The van der Waals surface area contributed by atoms with Gasteiger partial charge < -0.3 is 10.6 Å². The lowest BCUT2D eigenvalue weighted by molar-refractivity contribution is 0.0743. The zero-order valence-electron chi connectivity index (χ0n) is 13.6. The van der Waals surface area contributed by atoms with Crippen LogP contribution >= 0.6 is 12.4 Å². The summed E-state index contributed by atoms with van der Waals surface area (Å²) in [7, 11) is -3.47. The smallest absolute Gasteiger partial charge is 0.254 e. The highest BCUT2D eigenvalue weighted by Gasteiger charge is 2.32. The van der Waals surface area contributed by atoms with E-state index in [1.54, 1.807) is 12.1 Å². The molecule has 1 saturated carbocycles. The van der Waals surface area contributed by atoms with Gasteiger partial charge in [0.1, 0.15) is 0 Å². The van der Waals surface area contributed by atoms with Gasteiger partial charge in [-0.25, -0.2) is 13.1 Å². The van der Waals surface area contributed by atoms with Crippen molar-refractivity contribution >= 4 is 28.3 Å². The Balaban J connectivity index is 0.00000208. The van der Waals surface area contributed by atoms with Crippen LogP contribution in [-0.2, 0) is 10.0 Å². The van der Waals surface area contributed by atoms with Crippen LogP contribution in [0.3, 0.4) is 0 Å². The first kappa shape index (κ1) is 19.2. The summed E-state index contributed by atoms with van der Waals surface area (Å²) in [5, 5.41) is 0. The van der Waals surface area contributed by atoms with E-state index < -0.39 is 10.0 Å². The van der Waals surface area contributed by atoms with Crippen LogP contribution in [0.15, 0.2) is 29.2 Å². The summed E-state index contributed by atoms with van der Waals surface area (Å²) >= 11 is 0. The lowest BCUT2D eigenvalue weighted by atomic mass is 10.1. The number of likely N-dealkylation sites (tertiary alicyclic amines) is 1. The molecule has 1 aliphatic heterocycles. The predicted octanol–water partition coefficient (Wildman–Crippen LogP) is 1.36. The Kier molecular flexibility index (Phi) is 5.91. The van der Waals surface area contributed by atoms with Gasteiger partial charge in [-0.1, -0.05) is 0 Å². The van der Waals surface area contributed by atoms with Crippen molar-refractivity contribution in [1.29, 1.82) is 0 Å². The second kappa shape index (κ2) is 7.39. The largest absolute Gasteiger partial charge is 0.336 e. The van der Waals surface area contributed by atoms with Crippen LogP contribution in [0.1, 0.15) is 36.5 Å². The molecule has 0 spiro atoms. The Bertz CT molecular complexity index is 689. The number of nitrogens with two attached hydrogens (primary N) is 1. The summed E-state index contributed by atoms with van der Waals surface area (Å²) in [6.45, 7) is 3.27. The van der Waals surface area contributed by atoms with Crippen LogP contribution in [0.2, 0.25) is 0 Å². The van der Waals surface area contributed by atoms with Gasteiger partial charge in [0.2, 0.25) is 10.0 Å². The maximum absolute atomic E-state index is 12.6. The maximum Gasteiger partial charge on any atom is 0.254 e. The van der Waals surface area contributed by atoms with Gasteiger partial charge in [-0.15, -0.1) is 12.4 Å². The van der Waals surface area contributed by atoms with Gasteiger partial charge in [0, 0.05) is 24.2 Å². The lowest BCUT2D eigenvalue weighted by Crippen LogP contribution is -2.34. The van der Waals surface area contributed by atoms with Crippen LogP contribution in [0.5, 0.6) is 0 Å². The summed E-state index contributed by atoms with van der Waals surface area (Å²) in [6.07, 6.45) is 2.70. The third-order valence-corrected chi connectivity index (χ3v) is 6.10. The molecular weight excluding hydrogens is 350 g/mol. The van der Waals surface area contributed by atoms with E-state index in [1.807, 2.05) is 11.8 Å². The topological polar surface area (TPSA) is 92.5 Å². The zero-order valence-corrected chi connectivity index (χ0v) is 15.3. The van der Waals surface area contributed by atoms with Crippen molar-refractivity contribution in [2.45, 2.75) is 43.2 Å². The van der Waals surface area contributed by atoms with Gasteiger partial charge >= 0.3 is 0 Å². The second-order valence-corrected chi connectivity index (χ2v) is 8.28. The number of hydrogen-bond donors (Lipinski definition) is 2. The number of benzene rings is 1. The van der Waals surface area contributed by atoms with Crippen LogP contribution in [0.25, 0.3) is 0 Å². The minimum atomic E-state index is -3.47. The van der Waals surface area contributed by atoms with E-state index in [0.717, 1.165) is 19.3 Å². The molecule has 6 nitrogen and oxygen atoms in total. The van der Waals surface area contributed by atoms with E-state index in [0.29, 0.717) is 24.6 Å². The number of sulfonamides is 1. The molecule has 3 N–H and O–H groups in total. The van der Waals surface area contributed by atoms with E-state index in [9.17, 15) is 13.2 Å². The number of hydrogen-bond acceptors (Lipinski definition) is 4. The first-order valence-electron chi connectivity index (χ1n) is 8.04. The Morgan fingerprint density at radius 1 is 1.29 bits per heavy atom. The Morgan fingerprint density at radius 2 is 1.92 bits per heavy atom.